The van der Waals surface area contributed by atoms with Crippen molar-refractivity contribution < 1.29 is 22.7 Å². The van der Waals surface area contributed by atoms with E-state index in [2.05, 4.69) is 0 Å². The average molecular weight is 473 g/mol. The molecular weight excluding hydrogens is 440 g/mol. The molecule has 2 aliphatic rings. The maximum atomic E-state index is 13.3. The fourth-order valence-corrected chi connectivity index (χ4v) is 6.29. The minimum Gasteiger partial charge on any atom is -0.497 e. The van der Waals surface area contributed by atoms with Crippen molar-refractivity contribution in [2.45, 2.75) is 37.0 Å². The predicted octanol–water partition coefficient (Wildman–Crippen LogP) is 3.29. The second kappa shape index (κ2) is 8.65. The van der Waals surface area contributed by atoms with Crippen LogP contribution in [0, 0.1) is 5.41 Å². The number of carbonyl (C=O) groups is 1. The van der Waals surface area contributed by atoms with Gasteiger partial charge in [0.1, 0.15) is 11.5 Å². The van der Waals surface area contributed by atoms with Crippen molar-refractivity contribution in [1.82, 2.24) is 9.21 Å². The molecule has 2 aromatic carbocycles. The van der Waals surface area contributed by atoms with Crippen LogP contribution in [0.1, 0.15) is 32.3 Å². The largest absolute Gasteiger partial charge is 0.497 e. The van der Waals surface area contributed by atoms with Crippen LogP contribution in [0.2, 0.25) is 0 Å². The monoisotopic (exact) mass is 472 g/mol. The maximum absolute atomic E-state index is 13.3. The summed E-state index contributed by atoms with van der Waals surface area (Å²) in [5.74, 6) is 1.45. The van der Waals surface area contributed by atoms with Gasteiger partial charge in [-0.3, -0.25) is 4.79 Å². The summed E-state index contributed by atoms with van der Waals surface area (Å²) in [6.45, 7) is 6.18. The van der Waals surface area contributed by atoms with Gasteiger partial charge in [-0.25, -0.2) is 8.42 Å². The van der Waals surface area contributed by atoms with E-state index in [4.69, 9.17) is 9.47 Å². The molecule has 0 bridgehead atoms. The van der Waals surface area contributed by atoms with E-state index in [9.17, 15) is 13.2 Å². The summed E-state index contributed by atoms with van der Waals surface area (Å²) in [7, 11) is -0.359. The standard InChI is InChI=1S/C25H32N2O5S/c1-24(2,19-6-5-7-21(16-19)32-4)23(28)26-17-25(18-26)12-14-27(15-13-25)33(29,30)22-10-8-20(31-3)9-11-22/h5-11,16H,12-15,17-18H2,1-4H3. The first-order valence-electron chi connectivity index (χ1n) is 11.2. The molecule has 178 valence electrons. The Morgan fingerprint density at radius 3 is 2.12 bits per heavy atom. The first kappa shape index (κ1) is 23.6. The van der Waals surface area contributed by atoms with Gasteiger partial charge in [0, 0.05) is 31.6 Å². The Morgan fingerprint density at radius 2 is 1.55 bits per heavy atom. The summed E-state index contributed by atoms with van der Waals surface area (Å²) in [5, 5.41) is 0. The van der Waals surface area contributed by atoms with Crippen LogP contribution in [-0.4, -0.2) is 63.9 Å². The molecule has 2 saturated heterocycles. The summed E-state index contributed by atoms with van der Waals surface area (Å²) >= 11 is 0. The fourth-order valence-electron chi connectivity index (χ4n) is 4.85. The molecule has 0 N–H and O–H groups in total. The molecule has 0 atom stereocenters. The molecule has 0 aliphatic carbocycles. The predicted molar refractivity (Wildman–Crippen MR) is 126 cm³/mol. The molecule has 0 unspecified atom stereocenters. The summed E-state index contributed by atoms with van der Waals surface area (Å²) in [4.78, 5) is 15.5. The Labute approximate surface area is 196 Å². The van der Waals surface area contributed by atoms with Crippen LogP contribution < -0.4 is 9.47 Å². The number of hydrogen-bond donors (Lipinski definition) is 0. The number of rotatable bonds is 6. The van der Waals surface area contributed by atoms with Crippen LogP contribution in [0.25, 0.3) is 0 Å². The van der Waals surface area contributed by atoms with E-state index in [-0.39, 0.29) is 16.2 Å². The number of nitrogens with zero attached hydrogens (tertiary/aromatic N) is 2. The molecule has 8 heteroatoms. The van der Waals surface area contributed by atoms with Gasteiger partial charge in [-0.2, -0.15) is 4.31 Å². The highest BCUT2D eigenvalue weighted by Gasteiger charge is 2.50. The third-order valence-electron chi connectivity index (χ3n) is 7.15. The molecule has 2 aromatic rings. The minimum atomic E-state index is -3.53. The fraction of sp³-hybridized carbons (Fsp3) is 0.480. The molecule has 2 heterocycles. The molecule has 1 spiro atoms. The molecule has 1 amide bonds. The molecule has 7 nitrogen and oxygen atoms in total. The molecule has 33 heavy (non-hydrogen) atoms. The van der Waals surface area contributed by atoms with Gasteiger partial charge < -0.3 is 14.4 Å². The Bertz CT molecular complexity index is 1110. The molecule has 0 radical (unpaired) electrons. The van der Waals surface area contributed by atoms with Gasteiger partial charge in [0.15, 0.2) is 0 Å². The normalized spacial score (nSPS) is 18.6. The number of hydrogen-bond acceptors (Lipinski definition) is 5. The lowest BCUT2D eigenvalue weighted by Crippen LogP contribution is -2.64. The van der Waals surface area contributed by atoms with E-state index in [1.165, 1.54) is 0 Å². The van der Waals surface area contributed by atoms with Crippen LogP contribution in [-0.2, 0) is 20.2 Å². The van der Waals surface area contributed by atoms with Crippen LogP contribution in [0.4, 0.5) is 0 Å². The summed E-state index contributed by atoms with van der Waals surface area (Å²) < 4.78 is 38.1. The van der Waals surface area contributed by atoms with Gasteiger partial charge in [-0.1, -0.05) is 12.1 Å². The van der Waals surface area contributed by atoms with Gasteiger partial charge in [0.05, 0.1) is 24.5 Å². The number of amides is 1. The van der Waals surface area contributed by atoms with Crippen molar-refractivity contribution in [2.75, 3.05) is 40.4 Å². The third-order valence-corrected chi connectivity index (χ3v) is 9.06. The number of ether oxygens (including phenoxy) is 2. The average Bonchev–Trinajstić information content (AvgIpc) is 2.82. The van der Waals surface area contributed by atoms with Crippen molar-refractivity contribution >= 4 is 15.9 Å². The van der Waals surface area contributed by atoms with Crippen molar-refractivity contribution in [3.8, 4) is 11.5 Å². The highest BCUT2D eigenvalue weighted by atomic mass is 32.2. The maximum Gasteiger partial charge on any atom is 0.243 e. The quantitative estimate of drug-likeness (QED) is 0.645. The lowest BCUT2D eigenvalue weighted by Gasteiger charge is -2.55. The molecule has 2 aliphatic heterocycles. The Hall–Kier alpha value is -2.58. The highest BCUT2D eigenvalue weighted by molar-refractivity contribution is 7.89. The van der Waals surface area contributed by atoms with Crippen LogP contribution in [0.3, 0.4) is 0 Å². The minimum absolute atomic E-state index is 0.00600. The molecular formula is C25H32N2O5S. The zero-order valence-corrected chi connectivity index (χ0v) is 20.5. The zero-order valence-electron chi connectivity index (χ0n) is 19.7. The van der Waals surface area contributed by atoms with E-state index < -0.39 is 15.4 Å². The molecule has 2 fully saturated rings. The number of methoxy groups -OCH3 is 2. The molecule has 0 aromatic heterocycles. The van der Waals surface area contributed by atoms with Gasteiger partial charge >= 0.3 is 0 Å². The lowest BCUT2D eigenvalue weighted by atomic mass is 9.70. The number of sulfonamides is 1. The number of piperidine rings is 1. The molecule has 0 saturated carbocycles. The van der Waals surface area contributed by atoms with Crippen LogP contribution in [0.5, 0.6) is 11.5 Å². The lowest BCUT2D eigenvalue weighted by molar-refractivity contribution is -0.151. The number of likely N-dealkylation sites (tertiary alicyclic amines) is 1. The Morgan fingerprint density at radius 1 is 0.939 bits per heavy atom. The Kier molecular flexibility index (Phi) is 6.18. The van der Waals surface area contributed by atoms with Gasteiger partial charge in [-0.15, -0.1) is 0 Å². The highest BCUT2D eigenvalue weighted by Crippen LogP contribution is 2.43. The molecule has 4 rings (SSSR count). The first-order valence-corrected chi connectivity index (χ1v) is 12.6. The second-order valence-corrected chi connectivity index (χ2v) is 11.5. The zero-order chi connectivity index (χ0) is 23.9. The second-order valence-electron chi connectivity index (χ2n) is 9.60. The number of benzene rings is 2. The van der Waals surface area contributed by atoms with Crippen LogP contribution >= 0.6 is 0 Å². The van der Waals surface area contributed by atoms with Crippen molar-refractivity contribution in [1.29, 1.82) is 0 Å². The Balaban J connectivity index is 1.37. The van der Waals surface area contributed by atoms with E-state index >= 15 is 0 Å². The van der Waals surface area contributed by atoms with Crippen molar-refractivity contribution in [3.63, 3.8) is 0 Å². The smallest absolute Gasteiger partial charge is 0.243 e. The van der Waals surface area contributed by atoms with Gasteiger partial charge in [0.2, 0.25) is 15.9 Å². The van der Waals surface area contributed by atoms with E-state index in [1.807, 2.05) is 43.0 Å². The third kappa shape index (κ3) is 4.34. The topological polar surface area (TPSA) is 76.2 Å². The van der Waals surface area contributed by atoms with E-state index in [0.717, 1.165) is 24.2 Å². The van der Waals surface area contributed by atoms with E-state index in [0.29, 0.717) is 31.9 Å². The summed E-state index contributed by atoms with van der Waals surface area (Å²) in [5.41, 5.74) is 0.272. The van der Waals surface area contributed by atoms with Crippen LogP contribution in [0.15, 0.2) is 53.4 Å². The van der Waals surface area contributed by atoms with Crippen molar-refractivity contribution in [3.05, 3.63) is 54.1 Å². The SMILES string of the molecule is COc1ccc(S(=O)(=O)N2CCC3(CC2)CN(C(=O)C(C)(C)c2cccc(OC)c2)C3)cc1. The van der Waals surface area contributed by atoms with Gasteiger partial charge in [0.25, 0.3) is 0 Å². The summed E-state index contributed by atoms with van der Waals surface area (Å²) in [6, 6.07) is 14.1. The van der Waals surface area contributed by atoms with Gasteiger partial charge in [-0.05, 0) is 68.7 Å². The van der Waals surface area contributed by atoms with Crippen molar-refractivity contribution in [2.24, 2.45) is 5.41 Å². The summed E-state index contributed by atoms with van der Waals surface area (Å²) in [6.07, 6.45) is 1.51. The first-order chi connectivity index (χ1) is 15.6. The number of carbonyl (C=O) groups excluding carboxylic acids is 1. The van der Waals surface area contributed by atoms with E-state index in [1.54, 1.807) is 42.8 Å².